The van der Waals surface area contributed by atoms with Crippen LogP contribution >= 0.6 is 0 Å². The number of nitrogens with zero attached hydrogens (tertiary/aromatic N) is 1. The molecule has 0 radical (unpaired) electrons. The fourth-order valence-electron chi connectivity index (χ4n) is 3.23. The monoisotopic (exact) mass is 305 g/mol. The lowest BCUT2D eigenvalue weighted by atomic mass is 9.98. The third kappa shape index (κ3) is 3.42. The number of methoxy groups -OCH3 is 1. The molecule has 3 rings (SSSR count). The second-order valence-electron chi connectivity index (χ2n) is 6.03. The van der Waals surface area contributed by atoms with Crippen molar-refractivity contribution in [3.05, 3.63) is 30.3 Å². The molecule has 0 bridgehead atoms. The Bertz CT molecular complexity index is 507. The molecule has 2 heterocycles. The van der Waals surface area contributed by atoms with Gasteiger partial charge in [-0.05, 0) is 18.6 Å². The highest BCUT2D eigenvalue weighted by atomic mass is 16.6. The number of hydrogen-bond donors (Lipinski definition) is 0. The first-order valence-corrected chi connectivity index (χ1v) is 7.83. The summed E-state index contributed by atoms with van der Waals surface area (Å²) in [6.45, 7) is 2.49. The van der Waals surface area contributed by atoms with E-state index in [1.807, 2.05) is 35.2 Å². The SMILES string of the molecule is CO[C@@H]1CO[C@]2(CCN(C(=O)CCOc3ccccc3)C2)C1. The van der Waals surface area contributed by atoms with Gasteiger partial charge in [0.25, 0.3) is 0 Å². The molecule has 5 nitrogen and oxygen atoms in total. The second-order valence-corrected chi connectivity index (χ2v) is 6.03. The van der Waals surface area contributed by atoms with Crippen molar-refractivity contribution >= 4 is 5.91 Å². The number of hydrogen-bond acceptors (Lipinski definition) is 4. The summed E-state index contributed by atoms with van der Waals surface area (Å²) in [7, 11) is 1.71. The first-order chi connectivity index (χ1) is 10.7. The van der Waals surface area contributed by atoms with Gasteiger partial charge in [-0.1, -0.05) is 18.2 Å². The van der Waals surface area contributed by atoms with Gasteiger partial charge < -0.3 is 19.1 Å². The Kier molecular flexibility index (Phi) is 4.64. The van der Waals surface area contributed by atoms with Crippen LogP contribution in [0.15, 0.2) is 30.3 Å². The topological polar surface area (TPSA) is 48.0 Å². The number of benzene rings is 1. The summed E-state index contributed by atoms with van der Waals surface area (Å²) >= 11 is 0. The second kappa shape index (κ2) is 6.67. The lowest BCUT2D eigenvalue weighted by Gasteiger charge is -2.23. The number of carbonyl (C=O) groups is 1. The summed E-state index contributed by atoms with van der Waals surface area (Å²) < 4.78 is 16.9. The van der Waals surface area contributed by atoms with Gasteiger partial charge in [-0.25, -0.2) is 0 Å². The lowest BCUT2D eigenvalue weighted by Crippen LogP contribution is -2.36. The van der Waals surface area contributed by atoms with Gasteiger partial charge >= 0.3 is 0 Å². The summed E-state index contributed by atoms with van der Waals surface area (Å²) in [5.74, 6) is 0.938. The maximum absolute atomic E-state index is 12.3. The van der Waals surface area contributed by atoms with Crippen LogP contribution in [0.25, 0.3) is 0 Å². The van der Waals surface area contributed by atoms with Crippen molar-refractivity contribution in [2.24, 2.45) is 0 Å². The Balaban J connectivity index is 1.44. The maximum atomic E-state index is 12.3. The fourth-order valence-corrected chi connectivity index (χ4v) is 3.23. The summed E-state index contributed by atoms with van der Waals surface area (Å²) in [5, 5.41) is 0. The van der Waals surface area contributed by atoms with Crippen LogP contribution in [0.1, 0.15) is 19.3 Å². The van der Waals surface area contributed by atoms with E-state index in [2.05, 4.69) is 0 Å². The molecule has 0 N–H and O–H groups in total. The van der Waals surface area contributed by atoms with Crippen LogP contribution in [0, 0.1) is 0 Å². The molecule has 22 heavy (non-hydrogen) atoms. The minimum Gasteiger partial charge on any atom is -0.493 e. The molecule has 1 amide bonds. The third-order valence-electron chi connectivity index (χ3n) is 4.51. The number of rotatable bonds is 5. The molecule has 120 valence electrons. The van der Waals surface area contributed by atoms with Crippen molar-refractivity contribution in [2.45, 2.75) is 31.0 Å². The van der Waals surface area contributed by atoms with Crippen LogP contribution in [-0.4, -0.2) is 55.9 Å². The van der Waals surface area contributed by atoms with Crippen LogP contribution < -0.4 is 4.74 Å². The Morgan fingerprint density at radius 3 is 2.95 bits per heavy atom. The van der Waals surface area contributed by atoms with Crippen molar-refractivity contribution in [2.75, 3.05) is 33.4 Å². The fraction of sp³-hybridized carbons (Fsp3) is 0.588. The molecule has 0 aliphatic carbocycles. The van der Waals surface area contributed by atoms with Crippen LogP contribution in [0.5, 0.6) is 5.75 Å². The standard InChI is InChI=1S/C17H23NO4/c1-20-15-11-17(22-12-15)8-9-18(13-17)16(19)7-10-21-14-5-3-2-4-6-14/h2-6,15H,7-13H2,1H3/t15-,17+/m0/s1. The van der Waals surface area contributed by atoms with Crippen LogP contribution in [-0.2, 0) is 14.3 Å². The number of ether oxygens (including phenoxy) is 3. The van der Waals surface area contributed by atoms with Crippen LogP contribution in [0.4, 0.5) is 0 Å². The molecule has 0 saturated carbocycles. The smallest absolute Gasteiger partial charge is 0.226 e. The summed E-state index contributed by atoms with van der Waals surface area (Å²) in [6.07, 6.45) is 2.35. The molecule has 2 aliphatic heterocycles. The van der Waals surface area contributed by atoms with Crippen molar-refractivity contribution in [1.82, 2.24) is 4.90 Å². The summed E-state index contributed by atoms with van der Waals surface area (Å²) in [4.78, 5) is 14.2. The third-order valence-corrected chi connectivity index (χ3v) is 4.51. The van der Waals surface area contributed by atoms with E-state index in [1.165, 1.54) is 0 Å². The molecule has 1 aromatic rings. The minimum absolute atomic E-state index is 0.136. The van der Waals surface area contributed by atoms with E-state index in [1.54, 1.807) is 7.11 Å². The number of carbonyl (C=O) groups excluding carboxylic acids is 1. The van der Waals surface area contributed by atoms with Gasteiger partial charge in [0.1, 0.15) is 5.75 Å². The Morgan fingerprint density at radius 1 is 1.41 bits per heavy atom. The average Bonchev–Trinajstić information content (AvgIpc) is 3.16. The predicted octanol–water partition coefficient (Wildman–Crippen LogP) is 1.86. The minimum atomic E-state index is -0.184. The van der Waals surface area contributed by atoms with E-state index in [-0.39, 0.29) is 17.6 Å². The molecule has 5 heteroatoms. The van der Waals surface area contributed by atoms with Gasteiger partial charge in [0.2, 0.25) is 5.91 Å². The average molecular weight is 305 g/mol. The van der Waals surface area contributed by atoms with E-state index in [0.29, 0.717) is 26.2 Å². The first kappa shape index (κ1) is 15.3. The zero-order chi connectivity index (χ0) is 15.4. The number of likely N-dealkylation sites (tertiary alicyclic amines) is 1. The van der Waals surface area contributed by atoms with Crippen molar-refractivity contribution in [3.8, 4) is 5.75 Å². The maximum Gasteiger partial charge on any atom is 0.226 e. The van der Waals surface area contributed by atoms with Crippen molar-refractivity contribution in [3.63, 3.8) is 0 Å². The molecular weight excluding hydrogens is 282 g/mol. The Labute approximate surface area is 131 Å². The molecule has 0 aromatic heterocycles. The number of amides is 1. The highest BCUT2D eigenvalue weighted by molar-refractivity contribution is 5.76. The van der Waals surface area contributed by atoms with Crippen molar-refractivity contribution in [1.29, 1.82) is 0 Å². The van der Waals surface area contributed by atoms with Gasteiger partial charge in [-0.3, -0.25) is 4.79 Å². The van der Waals surface area contributed by atoms with Gasteiger partial charge in [0.05, 0.1) is 31.3 Å². The predicted molar refractivity (Wildman–Crippen MR) is 81.8 cm³/mol. The summed E-state index contributed by atoms with van der Waals surface area (Å²) in [5.41, 5.74) is -0.184. The largest absolute Gasteiger partial charge is 0.493 e. The molecule has 2 saturated heterocycles. The van der Waals surface area contributed by atoms with E-state index in [9.17, 15) is 4.79 Å². The van der Waals surface area contributed by atoms with E-state index in [4.69, 9.17) is 14.2 Å². The molecule has 2 aliphatic rings. The van der Waals surface area contributed by atoms with Gasteiger partial charge in [-0.2, -0.15) is 0 Å². The van der Waals surface area contributed by atoms with Crippen LogP contribution in [0.3, 0.4) is 0 Å². The normalized spacial score (nSPS) is 27.5. The van der Waals surface area contributed by atoms with Crippen molar-refractivity contribution < 1.29 is 19.0 Å². The molecule has 0 unspecified atom stereocenters. The highest BCUT2D eigenvalue weighted by Crippen LogP contribution is 2.36. The van der Waals surface area contributed by atoms with Gasteiger partial charge in [-0.15, -0.1) is 0 Å². The van der Waals surface area contributed by atoms with Crippen LogP contribution in [0.2, 0.25) is 0 Å². The van der Waals surface area contributed by atoms with E-state index < -0.39 is 0 Å². The molecule has 1 aromatic carbocycles. The van der Waals surface area contributed by atoms with E-state index in [0.717, 1.165) is 25.1 Å². The Hall–Kier alpha value is -1.59. The molecule has 2 fully saturated rings. The van der Waals surface area contributed by atoms with Gasteiger partial charge in [0, 0.05) is 26.6 Å². The molecule has 2 atom stereocenters. The first-order valence-electron chi connectivity index (χ1n) is 7.83. The lowest BCUT2D eigenvalue weighted by molar-refractivity contribution is -0.131. The van der Waals surface area contributed by atoms with E-state index >= 15 is 0 Å². The molecule has 1 spiro atoms. The van der Waals surface area contributed by atoms with Gasteiger partial charge in [0.15, 0.2) is 0 Å². The Morgan fingerprint density at radius 2 is 2.23 bits per heavy atom. The number of para-hydroxylation sites is 1. The quantitative estimate of drug-likeness (QED) is 0.833. The highest BCUT2D eigenvalue weighted by Gasteiger charge is 2.46. The molecular formula is C17H23NO4. The zero-order valence-electron chi connectivity index (χ0n) is 13.0. The zero-order valence-corrected chi connectivity index (χ0v) is 13.0. The summed E-state index contributed by atoms with van der Waals surface area (Å²) in [6, 6.07) is 9.58.